The van der Waals surface area contributed by atoms with Crippen molar-refractivity contribution in [1.82, 2.24) is 20.2 Å². The van der Waals surface area contributed by atoms with Gasteiger partial charge in [0, 0.05) is 42.9 Å². The van der Waals surface area contributed by atoms with Crippen LogP contribution in [-0.4, -0.2) is 53.1 Å². The van der Waals surface area contributed by atoms with Crippen LogP contribution in [0.15, 0.2) is 36.7 Å². The van der Waals surface area contributed by atoms with Crippen molar-refractivity contribution < 1.29 is 13.9 Å². The quantitative estimate of drug-likeness (QED) is 0.368. The number of carbonyl (C=O) groups is 1. The van der Waals surface area contributed by atoms with Crippen LogP contribution in [0.3, 0.4) is 0 Å². The number of nitrogens with one attached hydrogen (secondary N) is 2. The Bertz CT molecular complexity index is 1230. The lowest BCUT2D eigenvalue weighted by molar-refractivity contribution is -0.126. The molecule has 178 valence electrons. The van der Waals surface area contributed by atoms with Gasteiger partial charge in [-0.2, -0.15) is 0 Å². The van der Waals surface area contributed by atoms with Crippen molar-refractivity contribution in [2.75, 3.05) is 31.6 Å². The van der Waals surface area contributed by atoms with E-state index < -0.39 is 5.82 Å². The maximum atomic E-state index is 13.5. The first-order valence-electron chi connectivity index (χ1n) is 11.3. The molecule has 7 nitrogen and oxygen atoms in total. The molecule has 1 saturated heterocycles. The number of benzene rings is 1. The van der Waals surface area contributed by atoms with Gasteiger partial charge in [0.05, 0.1) is 23.1 Å². The fraction of sp³-hybridized carbons (Fsp3) is 0.375. The molecule has 1 fully saturated rings. The second-order valence-electron chi connectivity index (χ2n) is 8.37. The maximum Gasteiger partial charge on any atom is 0.246 e. The number of rotatable bonds is 7. The van der Waals surface area contributed by atoms with Crippen LogP contribution in [-0.2, 0) is 22.5 Å². The van der Waals surface area contributed by atoms with Gasteiger partial charge in [0.1, 0.15) is 22.8 Å². The number of hydrogen-bond donors (Lipinski definition) is 2. The summed E-state index contributed by atoms with van der Waals surface area (Å²) in [5, 5.41) is 7.56. The lowest BCUT2D eigenvalue weighted by atomic mass is 10.0. The topological polar surface area (TPSA) is 79.4 Å². The Labute approximate surface area is 206 Å². The van der Waals surface area contributed by atoms with Crippen LogP contribution in [0.4, 0.5) is 15.9 Å². The molecule has 3 aromatic rings. The number of nitrogens with zero attached hydrogens (tertiary/aromatic N) is 3. The van der Waals surface area contributed by atoms with E-state index in [9.17, 15) is 9.18 Å². The van der Waals surface area contributed by atoms with Gasteiger partial charge in [-0.1, -0.05) is 17.7 Å². The van der Waals surface area contributed by atoms with Crippen molar-refractivity contribution in [3.8, 4) is 0 Å². The number of aromatic nitrogens is 2. The van der Waals surface area contributed by atoms with Gasteiger partial charge < -0.3 is 20.3 Å². The molecule has 1 aromatic carbocycles. The minimum atomic E-state index is -0.467. The first kappa shape index (κ1) is 23.2. The molecule has 10 heteroatoms. The number of thiophene rings is 1. The molecule has 0 aliphatic carbocycles. The normalized spacial score (nSPS) is 18.1. The first-order valence-corrected chi connectivity index (χ1v) is 12.5. The molecule has 1 atom stereocenters. The minimum absolute atomic E-state index is 0.00686. The number of anilines is 2. The Morgan fingerprint density at radius 2 is 2.29 bits per heavy atom. The van der Waals surface area contributed by atoms with E-state index in [0.717, 1.165) is 53.1 Å². The summed E-state index contributed by atoms with van der Waals surface area (Å²) >= 11 is 7.50. The molecule has 2 aliphatic heterocycles. The molecule has 0 radical (unpaired) electrons. The lowest BCUT2D eigenvalue weighted by Gasteiger charge is -2.26. The molecular formula is C24H25ClFN5O2S. The summed E-state index contributed by atoms with van der Waals surface area (Å²) in [7, 11) is 0. The SMILES string of the molecule is O=C(/C=C/CNCC1CCCO1)N1CCc2c(sc3ncnc(Nc4ccc(F)c(Cl)c4)c23)C1. The van der Waals surface area contributed by atoms with Crippen LogP contribution in [0.2, 0.25) is 5.02 Å². The molecule has 2 aliphatic rings. The van der Waals surface area contributed by atoms with Crippen LogP contribution >= 0.6 is 22.9 Å². The first-order chi connectivity index (χ1) is 16.6. The zero-order chi connectivity index (χ0) is 23.5. The largest absolute Gasteiger partial charge is 0.377 e. The molecule has 1 amide bonds. The van der Waals surface area contributed by atoms with Crippen LogP contribution in [0.5, 0.6) is 0 Å². The van der Waals surface area contributed by atoms with E-state index in [1.807, 2.05) is 11.0 Å². The summed E-state index contributed by atoms with van der Waals surface area (Å²) in [4.78, 5) is 25.4. The van der Waals surface area contributed by atoms with E-state index in [2.05, 4.69) is 20.6 Å². The summed E-state index contributed by atoms with van der Waals surface area (Å²) < 4.78 is 19.1. The van der Waals surface area contributed by atoms with E-state index in [0.29, 0.717) is 37.2 Å². The van der Waals surface area contributed by atoms with E-state index >= 15 is 0 Å². The average Bonchev–Trinajstić information content (AvgIpc) is 3.48. The molecule has 2 N–H and O–H groups in total. The van der Waals surface area contributed by atoms with Crippen molar-refractivity contribution in [2.24, 2.45) is 0 Å². The Hall–Kier alpha value is -2.59. The maximum absolute atomic E-state index is 13.5. The lowest BCUT2D eigenvalue weighted by Crippen LogP contribution is -2.34. The predicted octanol–water partition coefficient (Wildman–Crippen LogP) is 4.44. The zero-order valence-electron chi connectivity index (χ0n) is 18.5. The number of hydrogen-bond acceptors (Lipinski definition) is 7. The second kappa shape index (κ2) is 10.4. The number of carbonyl (C=O) groups excluding carboxylic acids is 1. The van der Waals surface area contributed by atoms with E-state index in [1.54, 1.807) is 23.5 Å². The molecule has 34 heavy (non-hydrogen) atoms. The Morgan fingerprint density at radius 3 is 3.12 bits per heavy atom. The summed E-state index contributed by atoms with van der Waals surface area (Å²) in [6, 6.07) is 4.48. The molecule has 4 heterocycles. The summed E-state index contributed by atoms with van der Waals surface area (Å²) in [6.07, 6.45) is 8.26. The van der Waals surface area contributed by atoms with Crippen molar-refractivity contribution in [3.63, 3.8) is 0 Å². The number of amides is 1. The molecule has 0 bridgehead atoms. The highest BCUT2D eigenvalue weighted by atomic mass is 35.5. The number of fused-ring (bicyclic) bond motifs is 3. The fourth-order valence-corrected chi connectivity index (χ4v) is 5.70. The minimum Gasteiger partial charge on any atom is -0.377 e. The number of ether oxygens (including phenoxy) is 1. The van der Waals surface area contributed by atoms with Gasteiger partial charge in [-0.05, 0) is 43.0 Å². The number of halogens is 2. The van der Waals surface area contributed by atoms with Crippen LogP contribution < -0.4 is 10.6 Å². The van der Waals surface area contributed by atoms with Crippen LogP contribution in [0.25, 0.3) is 10.2 Å². The van der Waals surface area contributed by atoms with E-state index in [4.69, 9.17) is 16.3 Å². The fourth-order valence-electron chi connectivity index (χ4n) is 4.32. The third-order valence-corrected chi connectivity index (χ3v) is 7.46. The molecule has 2 aromatic heterocycles. The zero-order valence-corrected chi connectivity index (χ0v) is 20.1. The molecule has 0 spiro atoms. The Kier molecular flexibility index (Phi) is 7.05. The second-order valence-corrected chi connectivity index (χ2v) is 9.86. The average molecular weight is 502 g/mol. The summed E-state index contributed by atoms with van der Waals surface area (Å²) in [5.74, 6) is 0.194. The van der Waals surface area contributed by atoms with Crippen molar-refractivity contribution >= 4 is 50.6 Å². The molecule has 5 rings (SSSR count). The molecule has 0 saturated carbocycles. The van der Waals surface area contributed by atoms with Gasteiger partial charge in [-0.3, -0.25) is 4.79 Å². The van der Waals surface area contributed by atoms with Gasteiger partial charge in [0.2, 0.25) is 5.91 Å². The predicted molar refractivity (Wildman–Crippen MR) is 132 cm³/mol. The van der Waals surface area contributed by atoms with E-state index in [-0.39, 0.29) is 10.9 Å². The smallest absolute Gasteiger partial charge is 0.246 e. The Balaban J connectivity index is 1.25. The van der Waals surface area contributed by atoms with E-state index in [1.165, 1.54) is 18.5 Å². The Morgan fingerprint density at radius 1 is 1.38 bits per heavy atom. The third kappa shape index (κ3) is 5.07. The van der Waals surface area contributed by atoms with Crippen LogP contribution in [0, 0.1) is 5.82 Å². The van der Waals surface area contributed by atoms with Gasteiger partial charge >= 0.3 is 0 Å². The highest BCUT2D eigenvalue weighted by molar-refractivity contribution is 7.19. The van der Waals surface area contributed by atoms with Crippen molar-refractivity contribution in [2.45, 2.75) is 31.9 Å². The summed E-state index contributed by atoms with van der Waals surface area (Å²) in [6.45, 7) is 3.48. The van der Waals surface area contributed by atoms with Gasteiger partial charge in [-0.15, -0.1) is 11.3 Å². The van der Waals surface area contributed by atoms with Crippen LogP contribution in [0.1, 0.15) is 23.3 Å². The monoisotopic (exact) mass is 501 g/mol. The highest BCUT2D eigenvalue weighted by Gasteiger charge is 2.25. The van der Waals surface area contributed by atoms with Gasteiger partial charge in [0.15, 0.2) is 0 Å². The van der Waals surface area contributed by atoms with Crippen molar-refractivity contribution in [1.29, 1.82) is 0 Å². The summed E-state index contributed by atoms with van der Waals surface area (Å²) in [5.41, 5.74) is 1.81. The molecule has 1 unspecified atom stereocenters. The van der Waals surface area contributed by atoms with Crippen molar-refractivity contribution in [3.05, 3.63) is 58.0 Å². The standard InChI is InChI=1S/C24H25ClFN5O2S/c25-18-11-15(5-6-19(18)26)30-23-22-17-7-9-31(13-20(17)34-24(22)29-14-28-23)21(32)4-1-8-27-12-16-3-2-10-33-16/h1,4-6,11,14,16,27H,2-3,7-10,12-13H2,(H,28,29,30)/b4-1+. The highest BCUT2D eigenvalue weighted by Crippen LogP contribution is 2.38. The molecular weight excluding hydrogens is 477 g/mol. The van der Waals surface area contributed by atoms with Gasteiger partial charge in [0.25, 0.3) is 0 Å². The van der Waals surface area contributed by atoms with Gasteiger partial charge in [-0.25, -0.2) is 14.4 Å². The third-order valence-electron chi connectivity index (χ3n) is 6.05.